The van der Waals surface area contributed by atoms with Gasteiger partial charge in [0.1, 0.15) is 0 Å². The Bertz CT molecular complexity index is 1300. The van der Waals surface area contributed by atoms with Gasteiger partial charge in [0.25, 0.3) is 5.91 Å². The van der Waals surface area contributed by atoms with E-state index in [0.717, 1.165) is 23.3 Å². The second-order valence-electron chi connectivity index (χ2n) is 7.14. The van der Waals surface area contributed by atoms with E-state index >= 15 is 0 Å². The maximum Gasteiger partial charge on any atom is 0.416 e. The topological polar surface area (TPSA) is 67.8 Å². The van der Waals surface area contributed by atoms with E-state index in [0.29, 0.717) is 33.5 Å². The highest BCUT2D eigenvalue weighted by Gasteiger charge is 2.30. The van der Waals surface area contributed by atoms with Crippen molar-refractivity contribution in [2.75, 3.05) is 5.32 Å². The number of halogens is 3. The van der Waals surface area contributed by atoms with Crippen LogP contribution in [-0.2, 0) is 6.18 Å². The largest absolute Gasteiger partial charge is 0.416 e. The number of aryl methyl sites for hydroxylation is 2. The number of benzene rings is 2. The van der Waals surface area contributed by atoms with Gasteiger partial charge in [-0.15, -0.1) is 0 Å². The van der Waals surface area contributed by atoms with Gasteiger partial charge in [-0.05, 0) is 67.4 Å². The Labute approximate surface area is 176 Å². The molecule has 0 aliphatic carbocycles. The number of alkyl halides is 3. The minimum Gasteiger partial charge on any atom is -0.322 e. The van der Waals surface area contributed by atoms with Gasteiger partial charge >= 0.3 is 6.18 Å². The predicted molar refractivity (Wildman–Crippen MR) is 112 cm³/mol. The fourth-order valence-corrected chi connectivity index (χ4v) is 3.21. The second-order valence-corrected chi connectivity index (χ2v) is 7.14. The summed E-state index contributed by atoms with van der Waals surface area (Å²) >= 11 is 0. The molecule has 1 N–H and O–H groups in total. The van der Waals surface area contributed by atoms with Gasteiger partial charge in [0, 0.05) is 40.8 Å². The molecular weight excluding hydrogens is 405 g/mol. The van der Waals surface area contributed by atoms with Crippen molar-refractivity contribution in [3.8, 4) is 11.4 Å². The van der Waals surface area contributed by atoms with Crippen molar-refractivity contribution in [3.05, 3.63) is 83.3 Å². The van der Waals surface area contributed by atoms with E-state index in [4.69, 9.17) is 0 Å². The summed E-state index contributed by atoms with van der Waals surface area (Å²) in [6, 6.07) is 10.4. The molecule has 4 rings (SSSR count). The zero-order chi connectivity index (χ0) is 22.2. The van der Waals surface area contributed by atoms with Crippen LogP contribution in [0.1, 0.15) is 27.0 Å². The summed E-state index contributed by atoms with van der Waals surface area (Å²) in [4.78, 5) is 25.1. The lowest BCUT2D eigenvalue weighted by atomic mass is 10.1. The van der Waals surface area contributed by atoms with Gasteiger partial charge in [-0.1, -0.05) is 0 Å². The second kappa shape index (κ2) is 7.79. The molecule has 0 spiro atoms. The monoisotopic (exact) mass is 422 g/mol. The van der Waals surface area contributed by atoms with Gasteiger partial charge in [0.2, 0.25) is 0 Å². The number of amides is 1. The average molecular weight is 422 g/mol. The highest BCUT2D eigenvalue weighted by atomic mass is 19.4. The molecule has 0 saturated heterocycles. The molecule has 0 unspecified atom stereocenters. The van der Waals surface area contributed by atoms with Gasteiger partial charge in [-0.2, -0.15) is 13.2 Å². The summed E-state index contributed by atoms with van der Waals surface area (Å²) in [5.41, 5.74) is 3.12. The highest BCUT2D eigenvalue weighted by molar-refractivity contribution is 6.05. The molecule has 8 heteroatoms. The molecule has 0 atom stereocenters. The number of anilines is 1. The number of fused-ring (bicyclic) bond motifs is 1. The van der Waals surface area contributed by atoms with Crippen LogP contribution in [0.4, 0.5) is 18.9 Å². The number of hydrogen-bond donors (Lipinski definition) is 1. The molecule has 2 heterocycles. The lowest BCUT2D eigenvalue weighted by molar-refractivity contribution is -0.137. The smallest absolute Gasteiger partial charge is 0.322 e. The zero-order valence-electron chi connectivity index (χ0n) is 16.7. The summed E-state index contributed by atoms with van der Waals surface area (Å²) in [5.74, 6) is 0.149. The third-order valence-electron chi connectivity index (χ3n) is 4.90. The fourth-order valence-electron chi connectivity index (χ4n) is 3.21. The summed E-state index contributed by atoms with van der Waals surface area (Å²) in [7, 11) is 0. The molecule has 0 bridgehead atoms. The molecule has 0 radical (unpaired) electrons. The third kappa shape index (κ3) is 4.23. The highest BCUT2D eigenvalue weighted by Crippen LogP contribution is 2.31. The molecule has 0 aliphatic rings. The van der Waals surface area contributed by atoms with E-state index in [2.05, 4.69) is 20.3 Å². The maximum absolute atomic E-state index is 12.9. The summed E-state index contributed by atoms with van der Waals surface area (Å²) < 4.78 is 38.7. The first-order valence-electron chi connectivity index (χ1n) is 9.39. The molecule has 0 aliphatic heterocycles. The average Bonchev–Trinajstić information content (AvgIpc) is 2.74. The molecule has 2 aromatic heterocycles. The van der Waals surface area contributed by atoms with Crippen molar-refractivity contribution in [2.24, 2.45) is 0 Å². The van der Waals surface area contributed by atoms with Gasteiger partial charge < -0.3 is 5.32 Å². The molecular formula is C23H17F3N4O. The van der Waals surface area contributed by atoms with Crippen LogP contribution in [0.3, 0.4) is 0 Å². The van der Waals surface area contributed by atoms with Crippen LogP contribution in [-0.4, -0.2) is 20.9 Å². The summed E-state index contributed by atoms with van der Waals surface area (Å²) in [5, 5.41) is 3.19. The molecule has 5 nitrogen and oxygen atoms in total. The molecule has 31 heavy (non-hydrogen) atoms. The minimum absolute atomic E-state index is 0.238. The van der Waals surface area contributed by atoms with Crippen molar-refractivity contribution in [2.45, 2.75) is 20.0 Å². The Balaban J connectivity index is 1.61. The first-order chi connectivity index (χ1) is 14.7. The van der Waals surface area contributed by atoms with Crippen LogP contribution in [0.15, 0.2) is 61.1 Å². The Morgan fingerprint density at radius 3 is 2.48 bits per heavy atom. The van der Waals surface area contributed by atoms with Crippen LogP contribution in [0.5, 0.6) is 0 Å². The molecule has 2 aromatic carbocycles. The van der Waals surface area contributed by atoms with Crippen LogP contribution in [0.2, 0.25) is 0 Å². The SMILES string of the molecule is Cc1cc(-c2ncc3cc(C(F)(F)F)ccc3n2)ccc1NC(=O)c1ccncc1C. The van der Waals surface area contributed by atoms with E-state index in [1.54, 1.807) is 30.6 Å². The number of rotatable bonds is 3. The number of hydrogen-bond acceptors (Lipinski definition) is 4. The van der Waals surface area contributed by atoms with Crippen molar-refractivity contribution in [1.29, 1.82) is 0 Å². The number of aromatic nitrogens is 3. The molecule has 0 fully saturated rings. The van der Waals surface area contributed by atoms with E-state index in [-0.39, 0.29) is 5.91 Å². The van der Waals surface area contributed by atoms with E-state index in [1.165, 1.54) is 12.3 Å². The van der Waals surface area contributed by atoms with Gasteiger partial charge in [0.15, 0.2) is 5.82 Å². The van der Waals surface area contributed by atoms with Gasteiger partial charge in [-0.3, -0.25) is 9.78 Å². The third-order valence-corrected chi connectivity index (χ3v) is 4.90. The molecule has 4 aromatic rings. The van der Waals surface area contributed by atoms with Gasteiger partial charge in [0.05, 0.1) is 11.1 Å². The van der Waals surface area contributed by atoms with E-state index < -0.39 is 11.7 Å². The molecule has 1 amide bonds. The number of nitrogens with one attached hydrogen (secondary N) is 1. The standard InChI is InChI=1S/C23H17F3N4O/c1-13-9-15(3-5-19(13)30-22(31)18-7-8-27-11-14(18)2)21-28-12-16-10-17(23(24,25)26)4-6-20(16)29-21/h3-12H,1-2H3,(H,30,31). The van der Waals surface area contributed by atoms with E-state index in [1.807, 2.05) is 19.9 Å². The molecule has 156 valence electrons. The quantitative estimate of drug-likeness (QED) is 0.468. The van der Waals surface area contributed by atoms with Crippen LogP contribution >= 0.6 is 0 Å². The lowest BCUT2D eigenvalue weighted by Gasteiger charge is -2.11. The number of pyridine rings is 1. The number of carbonyl (C=O) groups excluding carboxylic acids is 1. The lowest BCUT2D eigenvalue weighted by Crippen LogP contribution is -2.14. The Hall–Kier alpha value is -3.81. The fraction of sp³-hybridized carbons (Fsp3) is 0.130. The Morgan fingerprint density at radius 1 is 0.968 bits per heavy atom. The van der Waals surface area contributed by atoms with Crippen LogP contribution in [0.25, 0.3) is 22.3 Å². The van der Waals surface area contributed by atoms with Crippen LogP contribution in [0, 0.1) is 13.8 Å². The zero-order valence-corrected chi connectivity index (χ0v) is 16.7. The first-order valence-corrected chi connectivity index (χ1v) is 9.39. The Morgan fingerprint density at radius 2 is 1.77 bits per heavy atom. The number of carbonyl (C=O) groups is 1. The maximum atomic E-state index is 12.9. The van der Waals surface area contributed by atoms with Crippen molar-refractivity contribution < 1.29 is 18.0 Å². The Kier molecular flexibility index (Phi) is 5.14. The normalized spacial score (nSPS) is 11.5. The predicted octanol–water partition coefficient (Wildman–Crippen LogP) is 5.58. The van der Waals surface area contributed by atoms with E-state index in [9.17, 15) is 18.0 Å². The number of nitrogens with zero attached hydrogens (tertiary/aromatic N) is 3. The molecule has 0 saturated carbocycles. The van der Waals surface area contributed by atoms with Crippen molar-refractivity contribution in [3.63, 3.8) is 0 Å². The summed E-state index contributed by atoms with van der Waals surface area (Å²) in [6.45, 7) is 3.65. The summed E-state index contributed by atoms with van der Waals surface area (Å²) in [6.07, 6.45) is 0.148. The first kappa shape index (κ1) is 20.5. The van der Waals surface area contributed by atoms with Gasteiger partial charge in [-0.25, -0.2) is 9.97 Å². The van der Waals surface area contributed by atoms with Crippen LogP contribution < -0.4 is 5.32 Å². The van der Waals surface area contributed by atoms with Crippen molar-refractivity contribution in [1.82, 2.24) is 15.0 Å². The van der Waals surface area contributed by atoms with Crippen molar-refractivity contribution >= 4 is 22.5 Å². The minimum atomic E-state index is -4.42.